The number of ether oxygens (including phenoxy) is 1. The molecule has 0 spiro atoms. The van der Waals surface area contributed by atoms with Crippen LogP contribution >= 0.6 is 0 Å². The van der Waals surface area contributed by atoms with Gasteiger partial charge in [0, 0.05) is 25.5 Å². The van der Waals surface area contributed by atoms with Crippen LogP contribution in [0.4, 0.5) is 0 Å². The van der Waals surface area contributed by atoms with Crippen LogP contribution in [0.5, 0.6) is 0 Å². The Morgan fingerprint density at radius 2 is 1.63 bits per heavy atom. The van der Waals surface area contributed by atoms with Crippen LogP contribution < -0.4 is 5.32 Å². The molecule has 2 aromatic rings. The molecule has 0 bridgehead atoms. The molecule has 1 aromatic heterocycles. The van der Waals surface area contributed by atoms with Crippen LogP contribution in [0, 0.1) is 0 Å². The van der Waals surface area contributed by atoms with Gasteiger partial charge in [-0.1, -0.05) is 12.1 Å². The van der Waals surface area contributed by atoms with E-state index < -0.39 is 0 Å². The molecule has 1 aromatic carbocycles. The van der Waals surface area contributed by atoms with E-state index in [0.717, 1.165) is 18.7 Å². The minimum Gasteiger partial charge on any atom is -0.465 e. The minimum absolute atomic E-state index is 0.309. The zero-order valence-electron chi connectivity index (χ0n) is 10.8. The molecule has 0 unspecified atom stereocenters. The highest BCUT2D eigenvalue weighted by molar-refractivity contribution is 5.89. The predicted molar refractivity (Wildman–Crippen MR) is 72.6 cm³/mol. The van der Waals surface area contributed by atoms with Crippen molar-refractivity contribution in [1.29, 1.82) is 0 Å². The number of nitrogens with one attached hydrogen (secondary N) is 1. The van der Waals surface area contributed by atoms with Gasteiger partial charge >= 0.3 is 5.97 Å². The number of benzene rings is 1. The second kappa shape index (κ2) is 6.66. The summed E-state index contributed by atoms with van der Waals surface area (Å²) in [6, 6.07) is 11.4. The zero-order valence-corrected chi connectivity index (χ0v) is 10.8. The average molecular weight is 256 g/mol. The van der Waals surface area contributed by atoms with E-state index in [-0.39, 0.29) is 5.97 Å². The molecule has 0 saturated carbocycles. The predicted octanol–water partition coefficient (Wildman–Crippen LogP) is 2.16. The van der Waals surface area contributed by atoms with Crippen molar-refractivity contribution in [3.05, 3.63) is 65.5 Å². The van der Waals surface area contributed by atoms with Crippen LogP contribution in [-0.4, -0.2) is 18.1 Å². The lowest BCUT2D eigenvalue weighted by Gasteiger charge is -2.05. The van der Waals surface area contributed by atoms with E-state index in [2.05, 4.69) is 15.0 Å². The van der Waals surface area contributed by atoms with Gasteiger partial charge in [0.05, 0.1) is 12.7 Å². The zero-order chi connectivity index (χ0) is 13.5. The van der Waals surface area contributed by atoms with Gasteiger partial charge in [0.25, 0.3) is 0 Å². The summed E-state index contributed by atoms with van der Waals surface area (Å²) in [5.74, 6) is -0.309. The molecule has 0 aliphatic heterocycles. The highest BCUT2D eigenvalue weighted by atomic mass is 16.5. The van der Waals surface area contributed by atoms with Gasteiger partial charge in [-0.2, -0.15) is 0 Å². The fraction of sp³-hybridized carbons (Fsp3) is 0.200. The molecule has 19 heavy (non-hydrogen) atoms. The minimum atomic E-state index is -0.309. The Hall–Kier alpha value is -2.20. The number of carbonyl (C=O) groups excluding carboxylic acids is 1. The Labute approximate surface area is 112 Å². The topological polar surface area (TPSA) is 51.2 Å². The normalized spacial score (nSPS) is 10.2. The lowest BCUT2D eigenvalue weighted by atomic mass is 10.1. The van der Waals surface area contributed by atoms with Gasteiger partial charge < -0.3 is 10.1 Å². The Morgan fingerprint density at radius 1 is 1.05 bits per heavy atom. The summed E-state index contributed by atoms with van der Waals surface area (Å²) < 4.78 is 4.65. The third kappa shape index (κ3) is 3.89. The first-order chi connectivity index (χ1) is 9.29. The molecule has 1 heterocycles. The number of pyridine rings is 1. The van der Waals surface area contributed by atoms with Crippen LogP contribution in [0.2, 0.25) is 0 Å². The number of nitrogens with zero attached hydrogens (tertiary/aromatic N) is 1. The van der Waals surface area contributed by atoms with E-state index in [0.29, 0.717) is 5.56 Å². The molecule has 0 aliphatic rings. The number of methoxy groups -OCH3 is 1. The number of aromatic nitrogens is 1. The van der Waals surface area contributed by atoms with Crippen LogP contribution in [0.3, 0.4) is 0 Å². The van der Waals surface area contributed by atoms with Crippen molar-refractivity contribution in [2.45, 2.75) is 13.1 Å². The number of esters is 1. The van der Waals surface area contributed by atoms with Gasteiger partial charge in [0.2, 0.25) is 0 Å². The SMILES string of the molecule is COC(=O)c1ccc(CNCc2ccncc2)cc1. The van der Waals surface area contributed by atoms with Crippen LogP contribution in [-0.2, 0) is 17.8 Å². The van der Waals surface area contributed by atoms with Gasteiger partial charge in [-0.15, -0.1) is 0 Å². The molecule has 0 atom stereocenters. The molecule has 4 nitrogen and oxygen atoms in total. The first-order valence-corrected chi connectivity index (χ1v) is 6.06. The number of rotatable bonds is 5. The molecular weight excluding hydrogens is 240 g/mol. The van der Waals surface area contributed by atoms with Gasteiger partial charge in [0.1, 0.15) is 0 Å². The summed E-state index contributed by atoms with van der Waals surface area (Å²) in [6.07, 6.45) is 3.56. The van der Waals surface area contributed by atoms with Gasteiger partial charge in [-0.25, -0.2) is 4.79 Å². The average Bonchev–Trinajstić information content (AvgIpc) is 2.48. The summed E-state index contributed by atoms with van der Waals surface area (Å²) in [6.45, 7) is 1.55. The van der Waals surface area contributed by atoms with Crippen molar-refractivity contribution in [3.63, 3.8) is 0 Å². The maximum atomic E-state index is 11.3. The lowest BCUT2D eigenvalue weighted by Crippen LogP contribution is -2.12. The molecule has 2 rings (SSSR count). The Kier molecular flexibility index (Phi) is 4.64. The van der Waals surface area contributed by atoms with E-state index in [1.54, 1.807) is 24.5 Å². The monoisotopic (exact) mass is 256 g/mol. The summed E-state index contributed by atoms with van der Waals surface area (Å²) in [4.78, 5) is 15.3. The smallest absolute Gasteiger partial charge is 0.337 e. The molecule has 0 radical (unpaired) electrons. The second-order valence-electron chi connectivity index (χ2n) is 4.15. The summed E-state index contributed by atoms with van der Waals surface area (Å²) >= 11 is 0. The van der Waals surface area contributed by atoms with Crippen molar-refractivity contribution in [2.24, 2.45) is 0 Å². The first kappa shape index (κ1) is 13.2. The van der Waals surface area contributed by atoms with Gasteiger partial charge in [-0.3, -0.25) is 4.98 Å². The van der Waals surface area contributed by atoms with Gasteiger partial charge in [-0.05, 0) is 35.4 Å². The van der Waals surface area contributed by atoms with E-state index in [4.69, 9.17) is 0 Å². The van der Waals surface area contributed by atoms with Crippen molar-refractivity contribution in [1.82, 2.24) is 10.3 Å². The highest BCUT2D eigenvalue weighted by Gasteiger charge is 2.03. The van der Waals surface area contributed by atoms with Crippen molar-refractivity contribution in [2.75, 3.05) is 7.11 Å². The second-order valence-corrected chi connectivity index (χ2v) is 4.15. The summed E-state index contributed by atoms with van der Waals surface area (Å²) in [5, 5.41) is 3.34. The highest BCUT2D eigenvalue weighted by Crippen LogP contribution is 2.06. The molecule has 98 valence electrons. The molecule has 4 heteroatoms. The number of hydrogen-bond acceptors (Lipinski definition) is 4. The molecule has 0 amide bonds. The van der Waals surface area contributed by atoms with Crippen LogP contribution in [0.15, 0.2) is 48.8 Å². The third-order valence-corrected chi connectivity index (χ3v) is 2.78. The van der Waals surface area contributed by atoms with E-state index in [1.807, 2.05) is 24.3 Å². The fourth-order valence-corrected chi connectivity index (χ4v) is 1.73. The maximum absolute atomic E-state index is 11.3. The fourth-order valence-electron chi connectivity index (χ4n) is 1.73. The quantitative estimate of drug-likeness (QED) is 0.833. The van der Waals surface area contributed by atoms with Crippen molar-refractivity contribution >= 4 is 5.97 Å². The first-order valence-electron chi connectivity index (χ1n) is 6.06. The molecule has 0 fully saturated rings. The Bertz CT molecular complexity index is 524. The van der Waals surface area contributed by atoms with Crippen LogP contribution in [0.25, 0.3) is 0 Å². The number of carbonyl (C=O) groups is 1. The van der Waals surface area contributed by atoms with Crippen molar-refractivity contribution < 1.29 is 9.53 Å². The molecule has 0 aliphatic carbocycles. The summed E-state index contributed by atoms with van der Waals surface area (Å²) in [7, 11) is 1.38. The standard InChI is InChI=1S/C15H16N2O2/c1-19-15(18)14-4-2-12(3-5-14)10-17-11-13-6-8-16-9-7-13/h2-9,17H,10-11H2,1H3. The largest absolute Gasteiger partial charge is 0.465 e. The molecule has 0 saturated heterocycles. The Morgan fingerprint density at radius 3 is 2.21 bits per heavy atom. The van der Waals surface area contributed by atoms with E-state index in [9.17, 15) is 4.79 Å². The maximum Gasteiger partial charge on any atom is 0.337 e. The molecular formula is C15H16N2O2. The van der Waals surface area contributed by atoms with Crippen molar-refractivity contribution in [3.8, 4) is 0 Å². The van der Waals surface area contributed by atoms with Crippen LogP contribution in [0.1, 0.15) is 21.5 Å². The molecule has 1 N–H and O–H groups in total. The van der Waals surface area contributed by atoms with Gasteiger partial charge in [0.15, 0.2) is 0 Å². The van der Waals surface area contributed by atoms with E-state index >= 15 is 0 Å². The third-order valence-electron chi connectivity index (χ3n) is 2.78. The lowest BCUT2D eigenvalue weighted by molar-refractivity contribution is 0.0600. The van der Waals surface area contributed by atoms with E-state index in [1.165, 1.54) is 12.7 Å². The Balaban J connectivity index is 1.85. The number of hydrogen-bond donors (Lipinski definition) is 1. The summed E-state index contributed by atoms with van der Waals surface area (Å²) in [5.41, 5.74) is 2.89.